The van der Waals surface area contributed by atoms with Crippen molar-refractivity contribution in [2.45, 2.75) is 10.6 Å². The molecular formula is C23H18N2O3S2. The molecule has 4 rings (SSSR count). The maximum absolute atomic E-state index is 12.3. The molecule has 0 fully saturated rings. The molecule has 0 bridgehead atoms. The van der Waals surface area contributed by atoms with E-state index < -0.39 is 5.63 Å². The molecule has 3 aromatic carbocycles. The van der Waals surface area contributed by atoms with Crippen LogP contribution in [0.4, 0.5) is 11.4 Å². The molecule has 1 aromatic heterocycles. The smallest absolute Gasteiger partial charge is 0.340 e. The number of phenols is 1. The van der Waals surface area contributed by atoms with Crippen LogP contribution in [0.3, 0.4) is 0 Å². The van der Waals surface area contributed by atoms with Gasteiger partial charge in [-0.25, -0.2) is 4.79 Å². The first-order chi connectivity index (χ1) is 14.6. The molecule has 5 nitrogen and oxygen atoms in total. The quantitative estimate of drug-likeness (QED) is 0.214. The fraction of sp³-hybridized carbons (Fsp3) is 0.0435. The monoisotopic (exact) mass is 434 g/mol. The minimum absolute atomic E-state index is 0.0664. The van der Waals surface area contributed by atoms with Crippen molar-refractivity contribution in [1.82, 2.24) is 0 Å². The Hall–Kier alpha value is -3.29. The average Bonchev–Trinajstić information content (AvgIpc) is 2.73. The third-order valence-corrected chi connectivity index (χ3v) is 5.56. The van der Waals surface area contributed by atoms with Crippen LogP contribution in [0.25, 0.3) is 11.0 Å². The molecule has 4 aromatic rings. The number of hydrogen-bond donors (Lipinski definition) is 3. The Kier molecular flexibility index (Phi) is 6.02. The van der Waals surface area contributed by atoms with Gasteiger partial charge in [0.05, 0.1) is 0 Å². The summed E-state index contributed by atoms with van der Waals surface area (Å²) in [6, 6.07) is 24.1. The Bertz CT molecular complexity index is 1260. The summed E-state index contributed by atoms with van der Waals surface area (Å²) in [6.07, 6.45) is 0. The van der Waals surface area contributed by atoms with Gasteiger partial charge in [0.25, 0.3) is 0 Å². The molecule has 150 valence electrons. The second kappa shape index (κ2) is 9.02. The van der Waals surface area contributed by atoms with Crippen LogP contribution in [-0.2, 0) is 5.75 Å². The van der Waals surface area contributed by atoms with E-state index in [1.165, 1.54) is 17.8 Å². The number of benzene rings is 3. The van der Waals surface area contributed by atoms with Crippen molar-refractivity contribution in [2.75, 3.05) is 10.6 Å². The van der Waals surface area contributed by atoms with Gasteiger partial charge in [-0.1, -0.05) is 24.3 Å². The van der Waals surface area contributed by atoms with E-state index in [9.17, 15) is 9.90 Å². The predicted molar refractivity (Wildman–Crippen MR) is 126 cm³/mol. The number of rotatable bonds is 5. The maximum Gasteiger partial charge on any atom is 0.340 e. The zero-order valence-electron chi connectivity index (χ0n) is 15.8. The maximum atomic E-state index is 12.3. The van der Waals surface area contributed by atoms with Gasteiger partial charge in [0, 0.05) is 39.0 Å². The van der Waals surface area contributed by atoms with Crippen LogP contribution in [-0.4, -0.2) is 10.2 Å². The average molecular weight is 435 g/mol. The SMILES string of the molecule is O=c1oc2cc(O)ccc2cc1CSc1cccc(NC(=S)Nc2ccccc2)c1. The van der Waals surface area contributed by atoms with Crippen LogP contribution in [0.2, 0.25) is 0 Å². The van der Waals surface area contributed by atoms with Crippen LogP contribution in [0.15, 0.2) is 93.0 Å². The highest BCUT2D eigenvalue weighted by atomic mass is 32.2. The topological polar surface area (TPSA) is 74.5 Å². The van der Waals surface area contributed by atoms with E-state index in [4.69, 9.17) is 16.6 Å². The van der Waals surface area contributed by atoms with Crippen LogP contribution in [0, 0.1) is 0 Å². The summed E-state index contributed by atoms with van der Waals surface area (Å²) in [5.74, 6) is 0.534. The van der Waals surface area contributed by atoms with Crippen molar-refractivity contribution < 1.29 is 9.52 Å². The van der Waals surface area contributed by atoms with Gasteiger partial charge in [-0.2, -0.15) is 0 Å². The van der Waals surface area contributed by atoms with E-state index in [0.29, 0.717) is 22.0 Å². The highest BCUT2D eigenvalue weighted by molar-refractivity contribution is 7.98. The van der Waals surface area contributed by atoms with Crippen molar-refractivity contribution in [1.29, 1.82) is 0 Å². The molecule has 0 saturated heterocycles. The van der Waals surface area contributed by atoms with Gasteiger partial charge in [-0.15, -0.1) is 11.8 Å². The summed E-state index contributed by atoms with van der Waals surface area (Å²) >= 11 is 6.90. The van der Waals surface area contributed by atoms with E-state index in [1.54, 1.807) is 18.2 Å². The number of fused-ring (bicyclic) bond motifs is 1. The Morgan fingerprint density at radius 2 is 1.70 bits per heavy atom. The second-order valence-electron chi connectivity index (χ2n) is 6.54. The van der Waals surface area contributed by atoms with Crippen LogP contribution in [0.5, 0.6) is 5.75 Å². The standard InChI is InChI=1S/C23H18N2O3S2/c26-19-10-9-15-11-16(22(27)28-21(15)13-19)14-30-20-8-4-7-18(12-20)25-23(29)24-17-5-2-1-3-6-17/h1-13,26H,14H2,(H2,24,25,29). The first kappa shape index (κ1) is 20.0. The molecular weight excluding hydrogens is 416 g/mol. The predicted octanol–water partition coefficient (Wildman–Crippen LogP) is 5.60. The highest BCUT2D eigenvalue weighted by Gasteiger charge is 2.08. The highest BCUT2D eigenvalue weighted by Crippen LogP contribution is 2.26. The normalized spacial score (nSPS) is 10.7. The summed E-state index contributed by atoms with van der Waals surface area (Å²) in [7, 11) is 0. The van der Waals surface area contributed by atoms with Gasteiger partial charge in [0.15, 0.2) is 5.11 Å². The zero-order valence-corrected chi connectivity index (χ0v) is 17.4. The van der Waals surface area contributed by atoms with Gasteiger partial charge in [0.1, 0.15) is 11.3 Å². The molecule has 30 heavy (non-hydrogen) atoms. The van der Waals surface area contributed by atoms with E-state index in [-0.39, 0.29) is 5.75 Å². The van der Waals surface area contributed by atoms with Crippen LogP contribution in [0.1, 0.15) is 5.56 Å². The van der Waals surface area contributed by atoms with Crippen molar-refractivity contribution in [3.63, 3.8) is 0 Å². The lowest BCUT2D eigenvalue weighted by Crippen LogP contribution is -2.18. The number of para-hydroxylation sites is 1. The fourth-order valence-electron chi connectivity index (χ4n) is 2.88. The molecule has 1 heterocycles. The molecule has 0 aliphatic heterocycles. The van der Waals surface area contributed by atoms with E-state index >= 15 is 0 Å². The number of nitrogens with one attached hydrogen (secondary N) is 2. The second-order valence-corrected chi connectivity index (χ2v) is 8.00. The Morgan fingerprint density at radius 3 is 2.53 bits per heavy atom. The van der Waals surface area contributed by atoms with Gasteiger partial charge >= 0.3 is 5.63 Å². The molecule has 0 aliphatic carbocycles. The number of thiocarbonyl (C=S) groups is 1. The van der Waals surface area contributed by atoms with E-state index in [1.807, 2.05) is 54.6 Å². The largest absolute Gasteiger partial charge is 0.508 e. The minimum Gasteiger partial charge on any atom is -0.508 e. The molecule has 0 atom stereocenters. The molecule has 0 spiro atoms. The van der Waals surface area contributed by atoms with Crippen molar-refractivity contribution in [3.8, 4) is 5.75 Å². The number of thioether (sulfide) groups is 1. The number of hydrogen-bond acceptors (Lipinski definition) is 5. The summed E-state index contributed by atoms with van der Waals surface area (Å²) < 4.78 is 5.33. The lowest BCUT2D eigenvalue weighted by molar-refractivity contribution is 0.473. The third-order valence-electron chi connectivity index (χ3n) is 4.31. The molecule has 0 aliphatic rings. The van der Waals surface area contributed by atoms with Gasteiger partial charge in [-0.3, -0.25) is 0 Å². The number of phenolic OH excluding ortho intramolecular Hbond substituents is 1. The van der Waals surface area contributed by atoms with Crippen LogP contribution >= 0.6 is 24.0 Å². The Balaban J connectivity index is 1.43. The van der Waals surface area contributed by atoms with E-state index in [2.05, 4.69) is 10.6 Å². The van der Waals surface area contributed by atoms with Gasteiger partial charge < -0.3 is 20.2 Å². The minimum atomic E-state index is -0.400. The molecule has 0 saturated carbocycles. The Labute approximate surface area is 182 Å². The third kappa shape index (κ3) is 5.00. The fourth-order valence-corrected chi connectivity index (χ4v) is 4.03. The van der Waals surface area contributed by atoms with Gasteiger partial charge in [-0.05, 0) is 60.7 Å². The summed E-state index contributed by atoms with van der Waals surface area (Å²) in [4.78, 5) is 13.2. The first-order valence-corrected chi connectivity index (χ1v) is 10.6. The lowest BCUT2D eigenvalue weighted by atomic mass is 10.2. The molecule has 0 radical (unpaired) electrons. The lowest BCUT2D eigenvalue weighted by Gasteiger charge is -2.11. The first-order valence-electron chi connectivity index (χ1n) is 9.18. The van der Waals surface area contributed by atoms with Crippen LogP contribution < -0.4 is 16.3 Å². The van der Waals surface area contributed by atoms with E-state index in [0.717, 1.165) is 21.7 Å². The molecule has 0 amide bonds. The molecule has 0 unspecified atom stereocenters. The van der Waals surface area contributed by atoms with Gasteiger partial charge in [0.2, 0.25) is 0 Å². The van der Waals surface area contributed by atoms with Crippen molar-refractivity contribution in [2.24, 2.45) is 0 Å². The Morgan fingerprint density at radius 1 is 0.933 bits per heavy atom. The zero-order chi connectivity index (χ0) is 20.9. The summed E-state index contributed by atoms with van der Waals surface area (Å²) in [5, 5.41) is 17.1. The number of aromatic hydroxyl groups is 1. The van der Waals surface area contributed by atoms with Crippen molar-refractivity contribution >= 4 is 51.4 Å². The summed E-state index contributed by atoms with van der Waals surface area (Å²) in [6.45, 7) is 0. The molecule has 3 N–H and O–H groups in total. The number of anilines is 2. The summed E-state index contributed by atoms with van der Waals surface area (Å²) in [5.41, 5.74) is 2.31. The molecule has 7 heteroatoms. The van der Waals surface area contributed by atoms with Crippen molar-refractivity contribution in [3.05, 3.63) is 94.8 Å².